The summed E-state index contributed by atoms with van der Waals surface area (Å²) in [5.41, 5.74) is 5.80. The molecule has 1 heterocycles. The Hall–Kier alpha value is -0.200. The molecule has 1 aliphatic heterocycles. The van der Waals surface area contributed by atoms with Gasteiger partial charge in [-0.25, -0.2) is 0 Å². The lowest BCUT2D eigenvalue weighted by Crippen LogP contribution is -2.62. The molecule has 1 rings (SSSR count). The fraction of sp³-hybridized carbons (Fsp3) is 1.00. The molecular weight excluding hydrogens is 182 g/mol. The summed E-state index contributed by atoms with van der Waals surface area (Å²) in [5, 5.41) is 3.69. The van der Waals surface area contributed by atoms with Gasteiger partial charge in [-0.3, -0.25) is 9.68 Å². The van der Waals surface area contributed by atoms with Gasteiger partial charge in [0.1, 0.15) is 6.67 Å². The van der Waals surface area contributed by atoms with Gasteiger partial charge in [0, 0.05) is 18.6 Å². The van der Waals surface area contributed by atoms with Crippen molar-refractivity contribution in [1.29, 1.82) is 0 Å². The van der Waals surface area contributed by atoms with Crippen molar-refractivity contribution in [3.05, 3.63) is 0 Å². The van der Waals surface area contributed by atoms with Gasteiger partial charge in [0.05, 0.1) is 13.2 Å². The van der Waals surface area contributed by atoms with Crippen LogP contribution in [0.2, 0.25) is 0 Å². The Morgan fingerprint density at radius 2 is 1.57 bits per heavy atom. The van der Waals surface area contributed by atoms with Crippen LogP contribution in [0.3, 0.4) is 0 Å². The highest BCUT2D eigenvalue weighted by molar-refractivity contribution is 4.86. The summed E-state index contributed by atoms with van der Waals surface area (Å²) in [4.78, 5) is 10.9. The Balaban J connectivity index is 2.48. The lowest BCUT2D eigenvalue weighted by Gasteiger charge is -2.42. The van der Waals surface area contributed by atoms with Crippen LogP contribution in [0, 0.1) is 0 Å². The minimum atomic E-state index is -0.275. The quantitative estimate of drug-likeness (QED) is 0.706. The van der Waals surface area contributed by atoms with Gasteiger partial charge in [-0.1, -0.05) is 0 Å². The maximum atomic E-state index is 6.08. The number of nitrogens with zero attached hydrogens (tertiary/aromatic N) is 2. The zero-order valence-electron chi connectivity index (χ0n) is 9.32. The molecule has 0 bridgehead atoms. The molecule has 0 amide bonds. The third kappa shape index (κ3) is 3.51. The smallest absolute Gasteiger partial charge is 0.100 e. The molecule has 1 aliphatic rings. The highest BCUT2D eigenvalue weighted by Gasteiger charge is 2.32. The van der Waals surface area contributed by atoms with Crippen molar-refractivity contribution in [1.82, 2.24) is 10.1 Å². The van der Waals surface area contributed by atoms with Crippen molar-refractivity contribution < 1.29 is 9.68 Å². The average molecular weight is 203 g/mol. The molecule has 0 aromatic heterocycles. The van der Waals surface area contributed by atoms with E-state index in [9.17, 15) is 0 Å². The molecule has 5 heteroatoms. The van der Waals surface area contributed by atoms with Crippen LogP contribution < -0.4 is 5.73 Å². The fourth-order valence-electron chi connectivity index (χ4n) is 1.67. The first-order chi connectivity index (χ1) is 6.57. The lowest BCUT2D eigenvalue weighted by molar-refractivity contribution is -0.284. The van der Waals surface area contributed by atoms with E-state index in [-0.39, 0.29) is 5.54 Å². The first kappa shape index (κ1) is 11.9. The van der Waals surface area contributed by atoms with Crippen molar-refractivity contribution in [2.45, 2.75) is 26.3 Å². The van der Waals surface area contributed by atoms with Crippen molar-refractivity contribution in [2.24, 2.45) is 5.73 Å². The molecular formula is C9H21N3O2. The molecule has 0 aliphatic carbocycles. The zero-order valence-corrected chi connectivity index (χ0v) is 9.32. The molecule has 0 atom stereocenters. The van der Waals surface area contributed by atoms with Gasteiger partial charge in [-0.05, 0) is 20.8 Å². The Morgan fingerprint density at radius 1 is 1.14 bits per heavy atom. The van der Waals surface area contributed by atoms with Crippen LogP contribution in [0.15, 0.2) is 0 Å². The molecule has 1 fully saturated rings. The monoisotopic (exact) mass is 203 g/mol. The summed E-state index contributed by atoms with van der Waals surface area (Å²) in [5.74, 6) is 0. The van der Waals surface area contributed by atoms with Crippen molar-refractivity contribution in [3.63, 3.8) is 0 Å². The maximum Gasteiger partial charge on any atom is 0.100 e. The second kappa shape index (κ2) is 5.04. The number of hydrogen-bond acceptors (Lipinski definition) is 5. The molecule has 5 nitrogen and oxygen atoms in total. The average Bonchev–Trinajstić information content (AvgIpc) is 2.01. The SMILES string of the molecule is CCON1CN(OCC)CC(C)(N)C1. The summed E-state index contributed by atoms with van der Waals surface area (Å²) < 4.78 is 0. The molecule has 0 saturated carbocycles. The second-order valence-electron chi connectivity index (χ2n) is 3.91. The van der Waals surface area contributed by atoms with E-state index < -0.39 is 0 Å². The van der Waals surface area contributed by atoms with Gasteiger partial charge in [-0.15, -0.1) is 0 Å². The van der Waals surface area contributed by atoms with Gasteiger partial charge in [0.2, 0.25) is 0 Å². The second-order valence-corrected chi connectivity index (χ2v) is 3.91. The minimum absolute atomic E-state index is 0.275. The predicted octanol–water partition coefficient (Wildman–Crippen LogP) is 0.182. The van der Waals surface area contributed by atoms with Gasteiger partial charge in [0.15, 0.2) is 0 Å². The number of nitrogens with two attached hydrogens (primary N) is 1. The first-order valence-electron chi connectivity index (χ1n) is 5.12. The van der Waals surface area contributed by atoms with Crippen molar-refractivity contribution in [3.8, 4) is 0 Å². The van der Waals surface area contributed by atoms with Crippen LogP contribution in [0.5, 0.6) is 0 Å². The Kier molecular flexibility index (Phi) is 4.28. The first-order valence-corrected chi connectivity index (χ1v) is 5.12. The van der Waals surface area contributed by atoms with E-state index in [4.69, 9.17) is 15.4 Å². The van der Waals surface area contributed by atoms with Crippen LogP contribution >= 0.6 is 0 Å². The molecule has 0 radical (unpaired) electrons. The van der Waals surface area contributed by atoms with E-state index in [1.165, 1.54) is 0 Å². The van der Waals surface area contributed by atoms with E-state index in [0.717, 1.165) is 13.1 Å². The summed E-state index contributed by atoms with van der Waals surface area (Å²) in [6.45, 7) is 9.40. The molecule has 1 saturated heterocycles. The summed E-state index contributed by atoms with van der Waals surface area (Å²) in [7, 11) is 0. The molecule has 0 aromatic carbocycles. The van der Waals surface area contributed by atoms with E-state index in [2.05, 4.69) is 0 Å². The predicted molar refractivity (Wildman–Crippen MR) is 54.1 cm³/mol. The van der Waals surface area contributed by atoms with E-state index in [1.807, 2.05) is 30.9 Å². The third-order valence-electron chi connectivity index (χ3n) is 2.01. The Morgan fingerprint density at radius 3 is 1.93 bits per heavy atom. The fourth-order valence-corrected chi connectivity index (χ4v) is 1.67. The van der Waals surface area contributed by atoms with E-state index in [1.54, 1.807) is 0 Å². The molecule has 14 heavy (non-hydrogen) atoms. The van der Waals surface area contributed by atoms with Crippen molar-refractivity contribution >= 4 is 0 Å². The topological polar surface area (TPSA) is 51.0 Å². The minimum Gasteiger partial charge on any atom is -0.323 e. The van der Waals surface area contributed by atoms with Crippen LogP contribution in [0.4, 0.5) is 0 Å². The highest BCUT2D eigenvalue weighted by Crippen LogP contribution is 2.14. The Bertz CT molecular complexity index is 159. The third-order valence-corrected chi connectivity index (χ3v) is 2.01. The molecule has 2 N–H and O–H groups in total. The highest BCUT2D eigenvalue weighted by atomic mass is 16.7. The molecule has 84 valence electrons. The molecule has 0 unspecified atom stereocenters. The number of rotatable bonds is 4. The van der Waals surface area contributed by atoms with Crippen LogP contribution in [0.1, 0.15) is 20.8 Å². The van der Waals surface area contributed by atoms with Crippen LogP contribution in [-0.4, -0.2) is 48.6 Å². The summed E-state index contributed by atoms with van der Waals surface area (Å²) in [6, 6.07) is 0. The summed E-state index contributed by atoms with van der Waals surface area (Å²) in [6.07, 6.45) is 0. The maximum absolute atomic E-state index is 6.08. The number of hydroxylamine groups is 4. The number of hydrogen-bond donors (Lipinski definition) is 1. The normalized spacial score (nSPS) is 24.0. The standard InChI is InChI=1S/C9H21N3O2/c1-4-13-11-6-9(3,10)7-12(8-11)14-5-2/h4-8,10H2,1-3H3. The van der Waals surface area contributed by atoms with Crippen LogP contribution in [-0.2, 0) is 9.68 Å². The summed E-state index contributed by atoms with van der Waals surface area (Å²) >= 11 is 0. The lowest BCUT2D eigenvalue weighted by atomic mass is 10.0. The van der Waals surface area contributed by atoms with Gasteiger partial charge < -0.3 is 5.73 Å². The molecule has 0 aromatic rings. The van der Waals surface area contributed by atoms with Gasteiger partial charge >= 0.3 is 0 Å². The van der Waals surface area contributed by atoms with Crippen LogP contribution in [0.25, 0.3) is 0 Å². The van der Waals surface area contributed by atoms with Crippen molar-refractivity contribution in [2.75, 3.05) is 33.0 Å². The van der Waals surface area contributed by atoms with Gasteiger partial charge in [-0.2, -0.15) is 10.1 Å². The largest absolute Gasteiger partial charge is 0.323 e. The van der Waals surface area contributed by atoms with E-state index in [0.29, 0.717) is 19.9 Å². The zero-order chi connectivity index (χ0) is 10.6. The van der Waals surface area contributed by atoms with E-state index >= 15 is 0 Å². The van der Waals surface area contributed by atoms with Gasteiger partial charge in [0.25, 0.3) is 0 Å². The Labute approximate surface area is 85.6 Å². The molecule has 0 spiro atoms.